The van der Waals surface area contributed by atoms with E-state index in [1.165, 1.54) is 0 Å². The summed E-state index contributed by atoms with van der Waals surface area (Å²) in [6, 6.07) is 1.28. The highest BCUT2D eigenvalue weighted by Crippen LogP contribution is 2.03. The molecule has 2 amide bonds. The average Bonchev–Trinajstić information content (AvgIpc) is 2.62. The smallest absolute Gasteiger partial charge is 0.320 e. The van der Waals surface area contributed by atoms with Crippen molar-refractivity contribution in [2.24, 2.45) is 7.05 Å². The van der Waals surface area contributed by atoms with Crippen LogP contribution >= 0.6 is 0 Å². The Hall–Kier alpha value is -2.05. The van der Waals surface area contributed by atoms with E-state index in [0.717, 1.165) is 0 Å². The van der Waals surface area contributed by atoms with Crippen LogP contribution in [0.4, 0.5) is 10.6 Å². The molecule has 0 aliphatic heterocycles. The molecule has 0 spiro atoms. The van der Waals surface area contributed by atoms with Crippen molar-refractivity contribution in [1.82, 2.24) is 15.1 Å². The fourth-order valence-electron chi connectivity index (χ4n) is 1.49. The molecule has 0 aliphatic carbocycles. The van der Waals surface area contributed by atoms with Crippen LogP contribution in [0, 0.1) is 0 Å². The molecule has 1 aromatic rings. The van der Waals surface area contributed by atoms with Crippen molar-refractivity contribution in [3.05, 3.63) is 12.3 Å². The highest BCUT2D eigenvalue weighted by Gasteiger charge is 2.09. The molecule has 0 radical (unpaired) electrons. The molecular weight excluding hydrogens is 236 g/mol. The molecular formula is C11H18N4O3. The van der Waals surface area contributed by atoms with Crippen LogP contribution in [0.3, 0.4) is 0 Å². The van der Waals surface area contributed by atoms with Crippen LogP contribution in [0.2, 0.25) is 0 Å². The molecule has 7 heteroatoms. The number of amides is 2. The van der Waals surface area contributed by atoms with E-state index in [0.29, 0.717) is 18.7 Å². The largest absolute Gasteiger partial charge is 0.481 e. The first-order valence-electron chi connectivity index (χ1n) is 5.76. The topological polar surface area (TPSA) is 96.3 Å². The Morgan fingerprint density at radius 2 is 2.28 bits per heavy atom. The minimum absolute atomic E-state index is 0.0759. The normalized spacial score (nSPS) is 11.9. The van der Waals surface area contributed by atoms with Crippen molar-refractivity contribution in [2.75, 3.05) is 5.32 Å². The van der Waals surface area contributed by atoms with E-state index >= 15 is 0 Å². The van der Waals surface area contributed by atoms with Crippen molar-refractivity contribution in [3.8, 4) is 0 Å². The zero-order valence-corrected chi connectivity index (χ0v) is 10.5. The predicted octanol–water partition coefficient (Wildman–Crippen LogP) is 1.18. The number of carboxylic acids is 1. The molecule has 0 saturated heterocycles. The van der Waals surface area contributed by atoms with Gasteiger partial charge in [0.2, 0.25) is 0 Å². The molecule has 100 valence electrons. The van der Waals surface area contributed by atoms with Crippen LogP contribution in [-0.4, -0.2) is 32.9 Å². The van der Waals surface area contributed by atoms with E-state index in [1.54, 1.807) is 24.0 Å². The number of hydrogen-bond donors (Lipinski definition) is 3. The van der Waals surface area contributed by atoms with Crippen LogP contribution in [0.15, 0.2) is 12.3 Å². The molecule has 0 saturated carbocycles. The van der Waals surface area contributed by atoms with E-state index in [4.69, 9.17) is 5.11 Å². The van der Waals surface area contributed by atoms with Gasteiger partial charge >= 0.3 is 12.0 Å². The zero-order chi connectivity index (χ0) is 13.5. The number of aliphatic carboxylic acids is 1. The van der Waals surface area contributed by atoms with E-state index in [9.17, 15) is 9.59 Å². The third-order valence-corrected chi connectivity index (χ3v) is 2.36. The molecule has 0 aliphatic rings. The Bertz CT molecular complexity index is 416. The van der Waals surface area contributed by atoms with E-state index in [2.05, 4.69) is 15.7 Å². The molecule has 7 nitrogen and oxygen atoms in total. The Labute approximate surface area is 105 Å². The SMILES string of the molecule is CC(CCCC(=O)O)NC(=O)Nc1ccn(C)n1. The molecule has 18 heavy (non-hydrogen) atoms. The molecule has 0 bridgehead atoms. The van der Waals surface area contributed by atoms with Crippen LogP contribution in [0.25, 0.3) is 0 Å². The standard InChI is InChI=1S/C11H18N4O3/c1-8(4-3-5-10(16)17)12-11(18)13-9-6-7-15(2)14-9/h6-8H,3-5H2,1-2H3,(H,16,17)(H2,12,13,14,18). The third kappa shape index (κ3) is 5.33. The van der Waals surface area contributed by atoms with Gasteiger partial charge in [-0.2, -0.15) is 5.10 Å². The number of carbonyl (C=O) groups excluding carboxylic acids is 1. The number of aryl methyl sites for hydroxylation is 1. The number of rotatable bonds is 6. The van der Waals surface area contributed by atoms with Gasteiger partial charge in [0.05, 0.1) is 0 Å². The summed E-state index contributed by atoms with van der Waals surface area (Å²) in [6.45, 7) is 1.83. The van der Waals surface area contributed by atoms with Gasteiger partial charge in [-0.05, 0) is 19.8 Å². The van der Waals surface area contributed by atoms with Crippen molar-refractivity contribution < 1.29 is 14.7 Å². The summed E-state index contributed by atoms with van der Waals surface area (Å²) in [7, 11) is 1.76. The number of urea groups is 1. The average molecular weight is 254 g/mol. The van der Waals surface area contributed by atoms with E-state index in [-0.39, 0.29) is 18.5 Å². The second-order valence-corrected chi connectivity index (χ2v) is 4.16. The fourth-order valence-corrected chi connectivity index (χ4v) is 1.49. The van der Waals surface area contributed by atoms with Gasteiger partial charge in [0.25, 0.3) is 0 Å². The lowest BCUT2D eigenvalue weighted by Gasteiger charge is -2.13. The second kappa shape index (κ2) is 6.63. The quantitative estimate of drug-likeness (QED) is 0.710. The van der Waals surface area contributed by atoms with Crippen LogP contribution in [0.5, 0.6) is 0 Å². The predicted molar refractivity (Wildman–Crippen MR) is 66.3 cm³/mol. The van der Waals surface area contributed by atoms with Crippen molar-refractivity contribution in [1.29, 1.82) is 0 Å². The van der Waals surface area contributed by atoms with Gasteiger partial charge in [0, 0.05) is 31.8 Å². The van der Waals surface area contributed by atoms with Crippen molar-refractivity contribution in [2.45, 2.75) is 32.2 Å². The summed E-state index contributed by atoms with van der Waals surface area (Å²) in [5, 5.41) is 17.8. The van der Waals surface area contributed by atoms with E-state index in [1.807, 2.05) is 6.92 Å². The molecule has 1 unspecified atom stereocenters. The van der Waals surface area contributed by atoms with Gasteiger partial charge in [-0.3, -0.25) is 14.8 Å². The maximum Gasteiger partial charge on any atom is 0.320 e. The summed E-state index contributed by atoms with van der Waals surface area (Å²) < 4.78 is 1.59. The number of anilines is 1. The number of carboxylic acid groups (broad SMARTS) is 1. The first-order valence-corrected chi connectivity index (χ1v) is 5.76. The number of nitrogens with zero attached hydrogens (tertiary/aromatic N) is 2. The number of nitrogens with one attached hydrogen (secondary N) is 2. The monoisotopic (exact) mass is 254 g/mol. The zero-order valence-electron chi connectivity index (χ0n) is 10.5. The van der Waals surface area contributed by atoms with Gasteiger partial charge in [-0.1, -0.05) is 0 Å². The van der Waals surface area contributed by atoms with Gasteiger partial charge in [0.1, 0.15) is 0 Å². The highest BCUT2D eigenvalue weighted by molar-refractivity contribution is 5.88. The Morgan fingerprint density at radius 3 is 2.83 bits per heavy atom. The Morgan fingerprint density at radius 1 is 1.56 bits per heavy atom. The molecule has 0 fully saturated rings. The summed E-state index contributed by atoms with van der Waals surface area (Å²) in [5.74, 6) is -0.340. The summed E-state index contributed by atoms with van der Waals surface area (Å²) in [5.41, 5.74) is 0. The maximum absolute atomic E-state index is 11.5. The molecule has 3 N–H and O–H groups in total. The second-order valence-electron chi connectivity index (χ2n) is 4.16. The first kappa shape index (κ1) is 14.0. The summed E-state index contributed by atoms with van der Waals surface area (Å²) in [6.07, 6.45) is 3.02. The third-order valence-electron chi connectivity index (χ3n) is 2.36. The van der Waals surface area contributed by atoms with Crippen LogP contribution in [-0.2, 0) is 11.8 Å². The molecule has 1 rings (SSSR count). The molecule has 1 aromatic heterocycles. The van der Waals surface area contributed by atoms with Gasteiger partial charge in [0.15, 0.2) is 5.82 Å². The Balaban J connectivity index is 2.25. The number of aromatic nitrogens is 2. The van der Waals surface area contributed by atoms with Gasteiger partial charge < -0.3 is 10.4 Å². The highest BCUT2D eigenvalue weighted by atomic mass is 16.4. The molecule has 1 atom stereocenters. The summed E-state index contributed by atoms with van der Waals surface area (Å²) >= 11 is 0. The van der Waals surface area contributed by atoms with Crippen molar-refractivity contribution in [3.63, 3.8) is 0 Å². The van der Waals surface area contributed by atoms with Gasteiger partial charge in [-0.25, -0.2) is 4.79 Å². The van der Waals surface area contributed by atoms with Crippen LogP contribution < -0.4 is 10.6 Å². The minimum atomic E-state index is -0.819. The van der Waals surface area contributed by atoms with Crippen molar-refractivity contribution >= 4 is 17.8 Å². The van der Waals surface area contributed by atoms with Gasteiger partial charge in [-0.15, -0.1) is 0 Å². The van der Waals surface area contributed by atoms with E-state index < -0.39 is 5.97 Å². The lowest BCUT2D eigenvalue weighted by Crippen LogP contribution is -2.36. The maximum atomic E-state index is 11.5. The minimum Gasteiger partial charge on any atom is -0.481 e. The summed E-state index contributed by atoms with van der Waals surface area (Å²) in [4.78, 5) is 21.9. The lowest BCUT2D eigenvalue weighted by molar-refractivity contribution is -0.137. The fraction of sp³-hybridized carbons (Fsp3) is 0.545. The lowest BCUT2D eigenvalue weighted by atomic mass is 10.1. The Kier molecular flexibility index (Phi) is 5.16. The first-order chi connectivity index (χ1) is 8.47. The molecule has 1 heterocycles. The number of carbonyl (C=O) groups is 2. The molecule has 0 aromatic carbocycles. The van der Waals surface area contributed by atoms with Crippen LogP contribution in [0.1, 0.15) is 26.2 Å². The number of hydrogen-bond acceptors (Lipinski definition) is 3.